The fourth-order valence-corrected chi connectivity index (χ4v) is 2.90. The molecule has 0 saturated heterocycles. The van der Waals surface area contributed by atoms with Crippen LogP contribution in [0.3, 0.4) is 0 Å². The van der Waals surface area contributed by atoms with Crippen LogP contribution < -0.4 is 10.5 Å². The monoisotopic (exact) mass is 350 g/mol. The highest BCUT2D eigenvalue weighted by molar-refractivity contribution is 7.13. The molecule has 3 nitrogen and oxygen atoms in total. The number of hydrogen-bond acceptors (Lipinski definition) is 4. The zero-order chi connectivity index (χ0) is 17.2. The van der Waals surface area contributed by atoms with Gasteiger partial charge in [-0.15, -0.1) is 11.3 Å². The Morgan fingerprint density at radius 2 is 1.88 bits per heavy atom. The van der Waals surface area contributed by atoms with Gasteiger partial charge in [0.25, 0.3) is 0 Å². The lowest BCUT2D eigenvalue weighted by molar-refractivity contribution is -0.137. The van der Waals surface area contributed by atoms with E-state index in [-0.39, 0.29) is 6.61 Å². The van der Waals surface area contributed by atoms with E-state index in [9.17, 15) is 13.2 Å². The van der Waals surface area contributed by atoms with E-state index in [1.54, 1.807) is 35.7 Å². The van der Waals surface area contributed by atoms with E-state index in [0.717, 1.165) is 12.1 Å². The van der Waals surface area contributed by atoms with Crippen LogP contribution >= 0.6 is 11.3 Å². The summed E-state index contributed by atoms with van der Waals surface area (Å²) in [6.07, 6.45) is -4.37. The number of nitrogens with zero attached hydrogens (tertiary/aromatic N) is 1. The second-order valence-electron chi connectivity index (χ2n) is 5.08. The van der Waals surface area contributed by atoms with Crippen molar-refractivity contribution in [1.29, 1.82) is 0 Å². The van der Waals surface area contributed by atoms with Crippen LogP contribution in [0.4, 0.5) is 18.9 Å². The van der Waals surface area contributed by atoms with Crippen LogP contribution in [-0.2, 0) is 12.8 Å². The van der Waals surface area contributed by atoms with Gasteiger partial charge in [0.15, 0.2) is 0 Å². The molecule has 0 aliphatic carbocycles. The third kappa shape index (κ3) is 3.86. The molecule has 0 spiro atoms. The number of nitrogens with two attached hydrogens (primary N) is 1. The van der Waals surface area contributed by atoms with E-state index < -0.39 is 11.7 Å². The lowest BCUT2D eigenvalue weighted by Crippen LogP contribution is -2.04. The van der Waals surface area contributed by atoms with Crippen LogP contribution in [0.1, 0.15) is 11.3 Å². The molecule has 0 fully saturated rings. The number of benzene rings is 2. The molecule has 0 aliphatic heterocycles. The molecule has 3 rings (SSSR count). The summed E-state index contributed by atoms with van der Waals surface area (Å²) in [4.78, 5) is 4.34. The number of halogens is 3. The van der Waals surface area contributed by atoms with Crippen molar-refractivity contribution < 1.29 is 17.9 Å². The zero-order valence-corrected chi connectivity index (χ0v) is 13.2. The quantitative estimate of drug-likeness (QED) is 0.674. The number of alkyl halides is 3. The van der Waals surface area contributed by atoms with Gasteiger partial charge >= 0.3 is 6.18 Å². The van der Waals surface area contributed by atoms with Gasteiger partial charge in [-0.05, 0) is 24.3 Å². The molecule has 0 radical (unpaired) electrons. The maximum atomic E-state index is 12.8. The molecule has 0 amide bonds. The number of thiazole rings is 1. The first-order chi connectivity index (χ1) is 11.4. The summed E-state index contributed by atoms with van der Waals surface area (Å²) in [5.74, 6) is 0.614. The average molecular weight is 350 g/mol. The molecule has 3 aromatic rings. The van der Waals surface area contributed by atoms with Gasteiger partial charge in [0.1, 0.15) is 17.4 Å². The molecule has 0 saturated carbocycles. The molecule has 0 aliphatic rings. The van der Waals surface area contributed by atoms with Gasteiger partial charge in [-0.2, -0.15) is 13.2 Å². The lowest BCUT2D eigenvalue weighted by Gasteiger charge is -2.07. The smallest absolute Gasteiger partial charge is 0.416 e. The summed E-state index contributed by atoms with van der Waals surface area (Å²) in [5, 5.41) is 2.29. The summed E-state index contributed by atoms with van der Waals surface area (Å²) in [6, 6.07) is 12.1. The van der Waals surface area contributed by atoms with Gasteiger partial charge in [0.05, 0.1) is 11.3 Å². The summed E-state index contributed by atoms with van der Waals surface area (Å²) >= 11 is 1.28. The predicted molar refractivity (Wildman–Crippen MR) is 87.7 cm³/mol. The number of ether oxygens (including phenoxy) is 1. The maximum absolute atomic E-state index is 12.8. The molecule has 0 atom stereocenters. The van der Waals surface area contributed by atoms with E-state index in [2.05, 4.69) is 4.98 Å². The third-order valence-corrected chi connectivity index (χ3v) is 4.17. The molecule has 1 heterocycles. The van der Waals surface area contributed by atoms with Crippen LogP contribution in [0.25, 0.3) is 10.6 Å². The predicted octanol–water partition coefficient (Wildman–Crippen LogP) is 4.99. The van der Waals surface area contributed by atoms with Crippen LogP contribution in [0, 0.1) is 0 Å². The first-order valence-corrected chi connectivity index (χ1v) is 7.90. The summed E-state index contributed by atoms with van der Waals surface area (Å²) in [7, 11) is 0. The number of nitrogen functional groups attached to an aromatic ring is 1. The zero-order valence-electron chi connectivity index (χ0n) is 12.4. The first-order valence-electron chi connectivity index (χ1n) is 7.02. The van der Waals surface area contributed by atoms with Crippen molar-refractivity contribution in [3.63, 3.8) is 0 Å². The van der Waals surface area contributed by atoms with Gasteiger partial charge < -0.3 is 10.5 Å². The van der Waals surface area contributed by atoms with Crippen molar-refractivity contribution in [2.24, 2.45) is 0 Å². The molecule has 0 unspecified atom stereocenters. The first kappa shape index (κ1) is 16.3. The Bertz CT molecular complexity index is 846. The van der Waals surface area contributed by atoms with E-state index in [0.29, 0.717) is 27.7 Å². The number of aromatic nitrogens is 1. The molecule has 2 N–H and O–H groups in total. The van der Waals surface area contributed by atoms with E-state index in [4.69, 9.17) is 10.5 Å². The third-order valence-electron chi connectivity index (χ3n) is 3.23. The van der Waals surface area contributed by atoms with Gasteiger partial charge in [0, 0.05) is 22.7 Å². The molecule has 1 aromatic heterocycles. The van der Waals surface area contributed by atoms with Crippen LogP contribution in [-0.4, -0.2) is 4.98 Å². The van der Waals surface area contributed by atoms with Crippen LogP contribution in [0.5, 0.6) is 5.75 Å². The minimum absolute atomic E-state index is 0.221. The topological polar surface area (TPSA) is 48.1 Å². The lowest BCUT2D eigenvalue weighted by atomic mass is 10.1. The Morgan fingerprint density at radius 3 is 2.62 bits per heavy atom. The molecule has 2 aromatic carbocycles. The van der Waals surface area contributed by atoms with Crippen molar-refractivity contribution in [3.8, 4) is 16.3 Å². The van der Waals surface area contributed by atoms with Crippen molar-refractivity contribution in [3.05, 3.63) is 65.2 Å². The fraction of sp³-hybridized carbons (Fsp3) is 0.118. The highest BCUT2D eigenvalue weighted by atomic mass is 32.1. The number of anilines is 1. The normalized spacial score (nSPS) is 11.5. The van der Waals surface area contributed by atoms with Crippen LogP contribution in [0.2, 0.25) is 0 Å². The summed E-state index contributed by atoms with van der Waals surface area (Å²) < 4.78 is 43.9. The second kappa shape index (κ2) is 6.52. The Kier molecular flexibility index (Phi) is 4.44. The summed E-state index contributed by atoms with van der Waals surface area (Å²) in [5.41, 5.74) is 6.66. The molecule has 7 heteroatoms. The van der Waals surface area contributed by atoms with Crippen LogP contribution in [0.15, 0.2) is 53.9 Å². The van der Waals surface area contributed by atoms with Gasteiger partial charge in [-0.3, -0.25) is 0 Å². The average Bonchev–Trinajstić information content (AvgIpc) is 3.01. The Hall–Kier alpha value is -2.54. The number of rotatable bonds is 4. The van der Waals surface area contributed by atoms with Gasteiger partial charge in [0.2, 0.25) is 0 Å². The molecular formula is C17H13F3N2OS. The Balaban J connectivity index is 1.74. The molecule has 124 valence electrons. The Morgan fingerprint density at radius 1 is 1.08 bits per heavy atom. The minimum Gasteiger partial charge on any atom is -0.487 e. The van der Waals surface area contributed by atoms with Crippen molar-refractivity contribution in [1.82, 2.24) is 4.98 Å². The van der Waals surface area contributed by atoms with Crippen molar-refractivity contribution >= 4 is 17.0 Å². The Labute approximate surface area is 140 Å². The highest BCUT2D eigenvalue weighted by Crippen LogP contribution is 2.33. The fourth-order valence-electron chi connectivity index (χ4n) is 2.10. The van der Waals surface area contributed by atoms with E-state index in [1.165, 1.54) is 17.4 Å². The second-order valence-corrected chi connectivity index (χ2v) is 5.94. The van der Waals surface area contributed by atoms with Gasteiger partial charge in [-0.25, -0.2) is 4.98 Å². The largest absolute Gasteiger partial charge is 0.487 e. The standard InChI is InChI=1S/C17H13F3N2OS/c18-17(19,20)12-4-1-3-11(7-12)16-22-14(10-24-16)9-23-15-6-2-5-13(21)8-15/h1-8,10H,9,21H2. The highest BCUT2D eigenvalue weighted by Gasteiger charge is 2.30. The van der Waals surface area contributed by atoms with E-state index >= 15 is 0 Å². The SMILES string of the molecule is Nc1cccc(OCc2csc(-c3cccc(C(F)(F)F)c3)n2)c1. The van der Waals surface area contributed by atoms with Crippen molar-refractivity contribution in [2.75, 3.05) is 5.73 Å². The van der Waals surface area contributed by atoms with Gasteiger partial charge in [-0.1, -0.05) is 18.2 Å². The molecule has 0 bridgehead atoms. The maximum Gasteiger partial charge on any atom is 0.416 e. The molecular weight excluding hydrogens is 337 g/mol. The minimum atomic E-state index is -4.37. The van der Waals surface area contributed by atoms with E-state index in [1.807, 2.05) is 0 Å². The summed E-state index contributed by atoms with van der Waals surface area (Å²) in [6.45, 7) is 0.221. The van der Waals surface area contributed by atoms with Crippen molar-refractivity contribution in [2.45, 2.75) is 12.8 Å². The number of hydrogen-bond donors (Lipinski definition) is 1. The molecule has 24 heavy (non-hydrogen) atoms.